The monoisotopic (exact) mass is 351 g/mol. The van der Waals surface area contributed by atoms with Gasteiger partial charge in [-0.25, -0.2) is 4.57 Å². The molecule has 0 fully saturated rings. The molecule has 26 heavy (non-hydrogen) atoms. The van der Waals surface area contributed by atoms with Crippen LogP contribution in [0, 0.1) is 10.1 Å². The minimum Gasteiger partial charge on any atom is -0.390 e. The zero-order valence-electron chi connectivity index (χ0n) is 14.5. The molecule has 1 aliphatic carbocycles. The highest BCUT2D eigenvalue weighted by molar-refractivity contribution is 5.93. The van der Waals surface area contributed by atoms with Gasteiger partial charge in [0.2, 0.25) is 0 Å². The van der Waals surface area contributed by atoms with Crippen molar-refractivity contribution in [2.75, 3.05) is 11.9 Å². The van der Waals surface area contributed by atoms with Gasteiger partial charge in [-0.2, -0.15) is 0 Å². The van der Waals surface area contributed by atoms with Crippen LogP contribution in [0.1, 0.15) is 30.5 Å². The molecule has 0 amide bonds. The fourth-order valence-electron chi connectivity index (χ4n) is 3.69. The molecule has 1 aromatic carbocycles. The fraction of sp³-hybridized carbons (Fsp3) is 0.368. The Kier molecular flexibility index (Phi) is 4.51. The van der Waals surface area contributed by atoms with Gasteiger partial charge in [0, 0.05) is 23.3 Å². The van der Waals surface area contributed by atoms with E-state index in [1.54, 1.807) is 10.8 Å². The number of aromatic nitrogens is 3. The van der Waals surface area contributed by atoms with Gasteiger partial charge in [0.15, 0.2) is 0 Å². The van der Waals surface area contributed by atoms with Crippen molar-refractivity contribution in [1.82, 2.24) is 14.5 Å². The average Bonchev–Trinajstić information content (AvgIpc) is 3.13. The number of pyridine rings is 1. The van der Waals surface area contributed by atoms with Gasteiger partial charge in [-0.3, -0.25) is 4.98 Å². The molecule has 0 unspecified atom stereocenters. The van der Waals surface area contributed by atoms with E-state index in [2.05, 4.69) is 22.4 Å². The lowest BCUT2D eigenvalue weighted by molar-refractivity contribution is -0.396. The quantitative estimate of drug-likeness (QED) is 0.415. The highest BCUT2D eigenvalue weighted by Crippen LogP contribution is 2.33. The van der Waals surface area contributed by atoms with Gasteiger partial charge in [-0.1, -0.05) is 23.2 Å². The first-order valence-electron chi connectivity index (χ1n) is 9.04. The average molecular weight is 351 g/mol. The molecule has 0 atom stereocenters. The number of para-hydroxylation sites is 1. The number of nitrogens with one attached hydrogen (secondary N) is 1. The van der Waals surface area contributed by atoms with Crippen LogP contribution in [0.15, 0.2) is 36.7 Å². The first-order valence-corrected chi connectivity index (χ1v) is 9.04. The molecule has 2 aromatic heterocycles. The summed E-state index contributed by atoms with van der Waals surface area (Å²) in [5.74, 6) is -0.100. The van der Waals surface area contributed by atoms with Crippen molar-refractivity contribution in [3.05, 3.63) is 58.0 Å². The molecule has 4 rings (SSSR count). The molecular weight excluding hydrogens is 330 g/mol. The van der Waals surface area contributed by atoms with Crippen molar-refractivity contribution in [1.29, 1.82) is 0 Å². The number of hydrogen-bond acceptors (Lipinski definition) is 5. The largest absolute Gasteiger partial charge is 0.434 e. The Hall–Kier alpha value is -2.96. The predicted molar refractivity (Wildman–Crippen MR) is 100 cm³/mol. The first kappa shape index (κ1) is 16.5. The Balaban J connectivity index is 1.52. The zero-order valence-corrected chi connectivity index (χ0v) is 14.5. The third-order valence-electron chi connectivity index (χ3n) is 4.90. The third-order valence-corrected chi connectivity index (χ3v) is 4.90. The third kappa shape index (κ3) is 3.12. The van der Waals surface area contributed by atoms with Crippen LogP contribution in [0.2, 0.25) is 0 Å². The summed E-state index contributed by atoms with van der Waals surface area (Å²) in [5, 5.41) is 15.7. The maximum Gasteiger partial charge on any atom is 0.434 e. The Bertz CT molecular complexity index is 950. The Morgan fingerprint density at radius 2 is 2.08 bits per heavy atom. The number of hydrogen-bond donors (Lipinski definition) is 1. The van der Waals surface area contributed by atoms with Gasteiger partial charge in [-0.05, 0) is 48.7 Å². The number of imidazole rings is 1. The standard InChI is InChI=1S/C19H21N5O2/c25-24(26)19-21-11-13-23(19)12-5-10-20-18-14-6-1-3-8-16(14)22-17-9-4-2-7-15(17)18/h1,3,6,8,11,13H,2,4-5,7,9-10,12H2,(H,20,22). The molecular formula is C19H21N5O2. The van der Waals surface area contributed by atoms with Crippen LogP contribution in [0.4, 0.5) is 11.6 Å². The lowest BCUT2D eigenvalue weighted by Gasteiger charge is -2.21. The summed E-state index contributed by atoms with van der Waals surface area (Å²) in [6.07, 6.45) is 8.40. The van der Waals surface area contributed by atoms with Crippen LogP contribution in [0.3, 0.4) is 0 Å². The number of anilines is 1. The maximum atomic E-state index is 10.9. The summed E-state index contributed by atoms with van der Waals surface area (Å²) in [4.78, 5) is 19.1. The number of benzene rings is 1. The Labute approximate surface area is 151 Å². The number of fused-ring (bicyclic) bond motifs is 2. The van der Waals surface area contributed by atoms with Crippen molar-refractivity contribution in [3.63, 3.8) is 0 Å². The van der Waals surface area contributed by atoms with Gasteiger partial charge >= 0.3 is 5.95 Å². The molecule has 0 saturated heterocycles. The minimum absolute atomic E-state index is 0.100. The van der Waals surface area contributed by atoms with E-state index >= 15 is 0 Å². The van der Waals surface area contributed by atoms with Crippen molar-refractivity contribution in [2.45, 2.75) is 38.6 Å². The molecule has 7 heteroatoms. The first-order chi connectivity index (χ1) is 12.7. The molecule has 1 N–H and O–H groups in total. The van der Waals surface area contributed by atoms with Crippen LogP contribution in [-0.2, 0) is 19.4 Å². The zero-order chi connectivity index (χ0) is 17.9. The van der Waals surface area contributed by atoms with E-state index in [0.717, 1.165) is 36.7 Å². The van der Waals surface area contributed by atoms with Crippen LogP contribution in [0.25, 0.3) is 10.9 Å². The highest BCUT2D eigenvalue weighted by Gasteiger charge is 2.18. The van der Waals surface area contributed by atoms with Crippen molar-refractivity contribution >= 4 is 22.5 Å². The predicted octanol–water partition coefficient (Wildman–Crippen LogP) is 3.72. The molecule has 0 bridgehead atoms. The molecule has 0 saturated carbocycles. The SMILES string of the molecule is O=[N+]([O-])c1nccn1CCCNc1c2c(nc3ccccc13)CCCC2. The lowest BCUT2D eigenvalue weighted by Crippen LogP contribution is -2.13. The minimum atomic E-state index is -0.444. The Morgan fingerprint density at radius 3 is 2.96 bits per heavy atom. The lowest BCUT2D eigenvalue weighted by atomic mass is 9.92. The summed E-state index contributed by atoms with van der Waals surface area (Å²) in [5.41, 5.74) is 4.76. The van der Waals surface area contributed by atoms with Gasteiger partial charge in [-0.15, -0.1) is 0 Å². The Morgan fingerprint density at radius 1 is 1.23 bits per heavy atom. The maximum absolute atomic E-state index is 10.9. The number of nitrogens with zero attached hydrogens (tertiary/aromatic N) is 4. The van der Waals surface area contributed by atoms with Crippen molar-refractivity contribution in [2.24, 2.45) is 0 Å². The molecule has 1 aliphatic rings. The normalized spacial score (nSPS) is 13.5. The fourth-order valence-corrected chi connectivity index (χ4v) is 3.69. The topological polar surface area (TPSA) is 85.9 Å². The molecule has 3 aromatic rings. The summed E-state index contributed by atoms with van der Waals surface area (Å²) >= 11 is 0. The van der Waals surface area contributed by atoms with Gasteiger partial charge in [0.1, 0.15) is 12.4 Å². The van der Waals surface area contributed by atoms with Gasteiger partial charge in [0.25, 0.3) is 0 Å². The second-order valence-corrected chi connectivity index (χ2v) is 6.59. The summed E-state index contributed by atoms with van der Waals surface area (Å²) in [6.45, 7) is 1.31. The molecule has 0 radical (unpaired) electrons. The molecule has 7 nitrogen and oxygen atoms in total. The van der Waals surface area contributed by atoms with E-state index in [0.29, 0.717) is 6.54 Å². The molecule has 0 spiro atoms. The van der Waals surface area contributed by atoms with E-state index in [-0.39, 0.29) is 5.95 Å². The number of rotatable bonds is 6. The number of aryl methyl sites for hydroxylation is 2. The van der Waals surface area contributed by atoms with Crippen molar-refractivity contribution < 1.29 is 4.92 Å². The molecule has 2 heterocycles. The van der Waals surface area contributed by atoms with Crippen LogP contribution < -0.4 is 5.32 Å². The molecule has 134 valence electrons. The van der Waals surface area contributed by atoms with E-state index in [1.807, 2.05) is 12.1 Å². The van der Waals surface area contributed by atoms with Gasteiger partial charge < -0.3 is 15.4 Å². The van der Waals surface area contributed by atoms with E-state index < -0.39 is 4.92 Å². The second-order valence-electron chi connectivity index (χ2n) is 6.59. The van der Waals surface area contributed by atoms with E-state index in [9.17, 15) is 10.1 Å². The summed E-state index contributed by atoms with van der Waals surface area (Å²) in [7, 11) is 0. The smallest absolute Gasteiger partial charge is 0.390 e. The van der Waals surface area contributed by atoms with Crippen LogP contribution in [0.5, 0.6) is 0 Å². The van der Waals surface area contributed by atoms with Crippen LogP contribution in [-0.4, -0.2) is 26.0 Å². The van der Waals surface area contributed by atoms with Gasteiger partial charge in [0.05, 0.1) is 12.1 Å². The second kappa shape index (κ2) is 7.11. The molecule has 0 aliphatic heterocycles. The number of nitro groups is 1. The summed E-state index contributed by atoms with van der Waals surface area (Å²) in [6, 6.07) is 8.23. The van der Waals surface area contributed by atoms with Crippen LogP contribution >= 0.6 is 0 Å². The van der Waals surface area contributed by atoms with Crippen molar-refractivity contribution in [3.8, 4) is 0 Å². The summed E-state index contributed by atoms with van der Waals surface area (Å²) < 4.78 is 1.59. The van der Waals surface area contributed by atoms with E-state index in [1.165, 1.54) is 36.0 Å². The highest BCUT2D eigenvalue weighted by atomic mass is 16.6. The van der Waals surface area contributed by atoms with E-state index in [4.69, 9.17) is 4.98 Å².